The van der Waals surface area contributed by atoms with Crippen molar-refractivity contribution in [3.63, 3.8) is 0 Å². The van der Waals surface area contributed by atoms with Gasteiger partial charge < -0.3 is 5.32 Å². The zero-order valence-electron chi connectivity index (χ0n) is 14.5. The predicted octanol–water partition coefficient (Wildman–Crippen LogP) is 3.59. The lowest BCUT2D eigenvalue weighted by Gasteiger charge is -2.45. The second kappa shape index (κ2) is 7.02. The molecule has 1 aromatic rings. The molecule has 25 heavy (non-hydrogen) atoms. The van der Waals surface area contributed by atoms with Gasteiger partial charge in [0.25, 0.3) is 0 Å². The van der Waals surface area contributed by atoms with Crippen LogP contribution in [0.2, 0.25) is 0 Å². The van der Waals surface area contributed by atoms with Gasteiger partial charge in [0.15, 0.2) is 11.6 Å². The maximum Gasteiger partial charge on any atom is 0.237 e. The Morgan fingerprint density at radius 2 is 1.76 bits per heavy atom. The molecule has 1 amide bonds. The van der Waals surface area contributed by atoms with E-state index in [1.54, 1.807) is 6.07 Å². The van der Waals surface area contributed by atoms with Gasteiger partial charge in [0.05, 0.1) is 6.04 Å². The van der Waals surface area contributed by atoms with Crippen LogP contribution in [0.1, 0.15) is 56.4 Å². The largest absolute Gasteiger partial charge is 0.352 e. The fraction of sp³-hybridized carbons (Fsp3) is 0.650. The van der Waals surface area contributed by atoms with Gasteiger partial charge in [0.1, 0.15) is 0 Å². The van der Waals surface area contributed by atoms with Crippen LogP contribution in [0.15, 0.2) is 18.2 Å². The molecule has 1 N–H and O–H groups in total. The van der Waals surface area contributed by atoms with Crippen LogP contribution < -0.4 is 5.32 Å². The molecule has 1 saturated carbocycles. The minimum atomic E-state index is -0.790. The molecule has 3 atom stereocenters. The van der Waals surface area contributed by atoms with Crippen molar-refractivity contribution >= 4 is 5.91 Å². The molecule has 5 heteroatoms. The van der Waals surface area contributed by atoms with Crippen molar-refractivity contribution in [3.05, 3.63) is 35.4 Å². The van der Waals surface area contributed by atoms with Crippen LogP contribution in [-0.4, -0.2) is 36.0 Å². The normalized spacial score (nSPS) is 31.4. The van der Waals surface area contributed by atoms with Crippen LogP contribution in [-0.2, 0) is 4.79 Å². The summed E-state index contributed by atoms with van der Waals surface area (Å²) in [6, 6.07) is 4.62. The van der Waals surface area contributed by atoms with Gasteiger partial charge in [-0.2, -0.15) is 0 Å². The Kier molecular flexibility index (Phi) is 4.76. The lowest BCUT2D eigenvalue weighted by Crippen LogP contribution is -2.59. The number of hydrogen-bond donors (Lipinski definition) is 1. The van der Waals surface area contributed by atoms with E-state index in [1.807, 2.05) is 0 Å². The Balaban J connectivity index is 1.38. The van der Waals surface area contributed by atoms with Gasteiger partial charge in [-0.3, -0.25) is 9.69 Å². The fourth-order valence-corrected chi connectivity index (χ4v) is 4.98. The number of piperidine rings is 2. The summed E-state index contributed by atoms with van der Waals surface area (Å²) in [6.07, 6.45) is 7.63. The van der Waals surface area contributed by atoms with E-state index in [9.17, 15) is 13.6 Å². The predicted molar refractivity (Wildman–Crippen MR) is 92.2 cm³/mol. The van der Waals surface area contributed by atoms with E-state index in [2.05, 4.69) is 10.2 Å². The summed E-state index contributed by atoms with van der Waals surface area (Å²) in [5.74, 6) is -0.493. The number of benzene rings is 1. The SMILES string of the molecule is O=C1NC2CCCCC2CC1N1CCC(c2ccc(F)c(F)c2)CC1. The number of fused-ring (bicyclic) bond motifs is 1. The van der Waals surface area contributed by atoms with E-state index in [4.69, 9.17) is 0 Å². The van der Waals surface area contributed by atoms with Crippen molar-refractivity contribution in [1.82, 2.24) is 10.2 Å². The molecular weight excluding hydrogens is 322 g/mol. The average Bonchev–Trinajstić information content (AvgIpc) is 2.64. The standard InChI is InChI=1S/C20H26F2N2O/c21-16-6-5-14(11-17(16)22)13-7-9-24(10-8-13)19-12-15-3-1-2-4-18(15)23-20(19)25/h5-6,11,13,15,18-19H,1-4,7-10,12H2,(H,23,25). The van der Waals surface area contributed by atoms with Crippen LogP contribution in [0.5, 0.6) is 0 Å². The first-order chi connectivity index (χ1) is 12.1. The number of nitrogens with zero attached hydrogens (tertiary/aromatic N) is 1. The molecule has 2 saturated heterocycles. The quantitative estimate of drug-likeness (QED) is 0.886. The van der Waals surface area contributed by atoms with Gasteiger partial charge in [-0.05, 0) is 74.7 Å². The van der Waals surface area contributed by atoms with Crippen LogP contribution in [0, 0.1) is 17.6 Å². The van der Waals surface area contributed by atoms with Crippen LogP contribution >= 0.6 is 0 Å². The van der Waals surface area contributed by atoms with E-state index in [0.29, 0.717) is 12.0 Å². The zero-order valence-corrected chi connectivity index (χ0v) is 14.5. The Morgan fingerprint density at radius 3 is 2.52 bits per heavy atom. The fourth-order valence-electron chi connectivity index (χ4n) is 4.98. The number of nitrogens with one attached hydrogen (secondary N) is 1. The lowest BCUT2D eigenvalue weighted by molar-refractivity contribution is -0.132. The van der Waals surface area contributed by atoms with Crippen LogP contribution in [0.4, 0.5) is 8.78 Å². The summed E-state index contributed by atoms with van der Waals surface area (Å²) in [5.41, 5.74) is 0.874. The van der Waals surface area contributed by atoms with Crippen molar-refractivity contribution in [2.75, 3.05) is 13.1 Å². The van der Waals surface area contributed by atoms with E-state index in [0.717, 1.165) is 44.3 Å². The zero-order chi connectivity index (χ0) is 17.4. The van der Waals surface area contributed by atoms with E-state index < -0.39 is 11.6 Å². The van der Waals surface area contributed by atoms with E-state index >= 15 is 0 Å². The summed E-state index contributed by atoms with van der Waals surface area (Å²) < 4.78 is 26.6. The van der Waals surface area contributed by atoms with Crippen molar-refractivity contribution in [1.29, 1.82) is 0 Å². The van der Waals surface area contributed by atoms with Gasteiger partial charge in [0, 0.05) is 6.04 Å². The molecule has 136 valence electrons. The maximum absolute atomic E-state index is 13.5. The van der Waals surface area contributed by atoms with E-state index in [1.165, 1.54) is 31.4 Å². The monoisotopic (exact) mass is 348 g/mol. The molecule has 4 rings (SSSR count). The smallest absolute Gasteiger partial charge is 0.237 e. The summed E-state index contributed by atoms with van der Waals surface area (Å²) in [7, 11) is 0. The third-order valence-corrected chi connectivity index (χ3v) is 6.45. The highest BCUT2D eigenvalue weighted by Crippen LogP contribution is 2.35. The Labute approximate surface area is 147 Å². The number of carbonyl (C=O) groups is 1. The molecule has 2 heterocycles. The van der Waals surface area contributed by atoms with Crippen molar-refractivity contribution in [2.24, 2.45) is 5.92 Å². The molecule has 2 aliphatic heterocycles. The molecule has 0 radical (unpaired) electrons. The van der Waals surface area contributed by atoms with Gasteiger partial charge in [-0.1, -0.05) is 18.9 Å². The number of likely N-dealkylation sites (tertiary alicyclic amines) is 1. The van der Waals surface area contributed by atoms with Crippen molar-refractivity contribution < 1.29 is 13.6 Å². The summed E-state index contributed by atoms with van der Waals surface area (Å²) in [5, 5.41) is 3.25. The molecule has 1 aliphatic carbocycles. The number of amides is 1. The topological polar surface area (TPSA) is 32.3 Å². The summed E-state index contributed by atoms with van der Waals surface area (Å²) in [6.45, 7) is 1.69. The number of rotatable bonds is 2. The third kappa shape index (κ3) is 3.43. The molecule has 3 fully saturated rings. The number of carbonyl (C=O) groups excluding carboxylic acids is 1. The van der Waals surface area contributed by atoms with Gasteiger partial charge in [-0.25, -0.2) is 8.78 Å². The first-order valence-corrected chi connectivity index (χ1v) is 9.61. The van der Waals surface area contributed by atoms with Crippen LogP contribution in [0.25, 0.3) is 0 Å². The number of hydrogen-bond acceptors (Lipinski definition) is 2. The molecule has 0 aromatic heterocycles. The molecule has 0 spiro atoms. The first-order valence-electron chi connectivity index (χ1n) is 9.61. The molecule has 3 unspecified atom stereocenters. The minimum absolute atomic E-state index is 0.00902. The Morgan fingerprint density at radius 1 is 1.00 bits per heavy atom. The Bertz CT molecular complexity index is 643. The van der Waals surface area contributed by atoms with Gasteiger partial charge in [-0.15, -0.1) is 0 Å². The number of halogens is 2. The van der Waals surface area contributed by atoms with Gasteiger partial charge in [0.2, 0.25) is 5.91 Å². The molecular formula is C20H26F2N2O. The highest BCUT2D eigenvalue weighted by molar-refractivity contribution is 5.83. The minimum Gasteiger partial charge on any atom is -0.352 e. The van der Waals surface area contributed by atoms with E-state index in [-0.39, 0.29) is 17.9 Å². The summed E-state index contributed by atoms with van der Waals surface area (Å²) in [4.78, 5) is 14.8. The first kappa shape index (κ1) is 17.0. The molecule has 0 bridgehead atoms. The molecule has 3 nitrogen and oxygen atoms in total. The van der Waals surface area contributed by atoms with Gasteiger partial charge >= 0.3 is 0 Å². The highest BCUT2D eigenvalue weighted by Gasteiger charge is 2.40. The maximum atomic E-state index is 13.5. The highest BCUT2D eigenvalue weighted by atomic mass is 19.2. The second-order valence-electron chi connectivity index (χ2n) is 7.89. The van der Waals surface area contributed by atoms with Crippen LogP contribution in [0.3, 0.4) is 0 Å². The lowest BCUT2D eigenvalue weighted by atomic mass is 9.77. The molecule has 1 aromatic carbocycles. The van der Waals surface area contributed by atoms with Crippen molar-refractivity contribution in [2.45, 2.75) is 62.9 Å². The second-order valence-corrected chi connectivity index (χ2v) is 7.89. The third-order valence-electron chi connectivity index (χ3n) is 6.45. The Hall–Kier alpha value is -1.49. The molecule has 3 aliphatic rings. The van der Waals surface area contributed by atoms with Crippen molar-refractivity contribution in [3.8, 4) is 0 Å². The summed E-state index contributed by atoms with van der Waals surface area (Å²) >= 11 is 0. The average molecular weight is 348 g/mol.